The molecule has 0 radical (unpaired) electrons. The molecule has 88 valence electrons. The molecule has 0 fully saturated rings. The van der Waals surface area contributed by atoms with Crippen LogP contribution < -0.4 is 5.32 Å². The highest BCUT2D eigenvalue weighted by molar-refractivity contribution is 9.10. The summed E-state index contributed by atoms with van der Waals surface area (Å²) in [6.45, 7) is 1.92. The van der Waals surface area contributed by atoms with Crippen molar-refractivity contribution < 1.29 is 9.32 Å². The number of carbonyl (C=O) groups is 1. The average molecular weight is 297 g/mol. The van der Waals surface area contributed by atoms with E-state index in [2.05, 4.69) is 36.4 Å². The second-order valence-electron chi connectivity index (χ2n) is 3.30. The highest BCUT2D eigenvalue weighted by atomic mass is 79.9. The van der Waals surface area contributed by atoms with Gasteiger partial charge < -0.3 is 9.84 Å². The van der Waals surface area contributed by atoms with Crippen LogP contribution in [0.1, 0.15) is 22.1 Å². The van der Waals surface area contributed by atoms with E-state index in [1.165, 1.54) is 6.20 Å². The molecule has 1 amide bonds. The van der Waals surface area contributed by atoms with Crippen molar-refractivity contribution in [1.29, 1.82) is 0 Å². The van der Waals surface area contributed by atoms with Crippen LogP contribution in [0.2, 0.25) is 0 Å². The van der Waals surface area contributed by atoms with Crippen molar-refractivity contribution in [1.82, 2.24) is 20.4 Å². The van der Waals surface area contributed by atoms with Gasteiger partial charge in [0.15, 0.2) is 5.82 Å². The molecule has 0 bridgehead atoms. The lowest BCUT2D eigenvalue weighted by atomic mass is 10.3. The monoisotopic (exact) mass is 296 g/mol. The van der Waals surface area contributed by atoms with Gasteiger partial charge in [0.05, 0.1) is 12.1 Å². The Kier molecular flexibility index (Phi) is 3.48. The summed E-state index contributed by atoms with van der Waals surface area (Å²) in [6, 6.07) is 1.68. The van der Waals surface area contributed by atoms with Crippen molar-refractivity contribution in [3.63, 3.8) is 0 Å². The van der Waals surface area contributed by atoms with Gasteiger partial charge in [-0.1, -0.05) is 5.16 Å². The lowest BCUT2D eigenvalue weighted by Crippen LogP contribution is -2.23. The Bertz CT molecular complexity index is 541. The molecule has 0 aromatic carbocycles. The Labute approximate surface area is 106 Å². The zero-order chi connectivity index (χ0) is 12.3. The minimum Gasteiger partial charge on any atom is -0.345 e. The lowest BCUT2D eigenvalue weighted by Gasteiger charge is -2.01. The molecule has 0 spiro atoms. The molecule has 0 aliphatic heterocycles. The van der Waals surface area contributed by atoms with Crippen molar-refractivity contribution in [2.75, 3.05) is 0 Å². The average Bonchev–Trinajstić information content (AvgIpc) is 2.72. The lowest BCUT2D eigenvalue weighted by molar-refractivity contribution is 0.0949. The van der Waals surface area contributed by atoms with Crippen molar-refractivity contribution in [2.24, 2.45) is 0 Å². The summed E-state index contributed by atoms with van der Waals surface area (Å²) in [4.78, 5) is 19.6. The summed E-state index contributed by atoms with van der Waals surface area (Å²) >= 11 is 3.25. The Balaban J connectivity index is 1.98. The smallest absolute Gasteiger partial charge is 0.253 e. The quantitative estimate of drug-likeness (QED) is 0.927. The maximum absolute atomic E-state index is 11.7. The summed E-state index contributed by atoms with van der Waals surface area (Å²) < 4.78 is 5.54. The first-order valence-electron chi connectivity index (χ1n) is 4.83. The van der Waals surface area contributed by atoms with Crippen LogP contribution in [0.15, 0.2) is 27.5 Å². The van der Waals surface area contributed by atoms with Crippen LogP contribution in [0.5, 0.6) is 0 Å². The number of pyridine rings is 1. The molecular weight excluding hydrogens is 288 g/mol. The standard InChI is InChI=1S/C10H9BrN4O2/c1-6-14-9(15-17-6)5-13-10(16)7-2-8(11)4-12-3-7/h2-4H,5H2,1H3,(H,13,16). The maximum Gasteiger partial charge on any atom is 0.253 e. The van der Waals surface area contributed by atoms with E-state index in [0.29, 0.717) is 17.3 Å². The summed E-state index contributed by atoms with van der Waals surface area (Å²) in [6.07, 6.45) is 3.10. The first kappa shape index (κ1) is 11.7. The zero-order valence-corrected chi connectivity index (χ0v) is 10.6. The van der Waals surface area contributed by atoms with Crippen molar-refractivity contribution in [3.05, 3.63) is 40.2 Å². The molecular formula is C10H9BrN4O2. The van der Waals surface area contributed by atoms with E-state index in [9.17, 15) is 4.79 Å². The molecule has 2 aromatic rings. The number of nitrogens with zero attached hydrogens (tertiary/aromatic N) is 3. The van der Waals surface area contributed by atoms with Gasteiger partial charge >= 0.3 is 0 Å². The first-order valence-corrected chi connectivity index (χ1v) is 5.62. The van der Waals surface area contributed by atoms with Gasteiger partial charge in [0.2, 0.25) is 5.89 Å². The molecule has 0 aliphatic carbocycles. The molecule has 0 saturated heterocycles. The van der Waals surface area contributed by atoms with E-state index < -0.39 is 0 Å². The van der Waals surface area contributed by atoms with Crippen molar-refractivity contribution in [2.45, 2.75) is 13.5 Å². The minimum absolute atomic E-state index is 0.225. The Morgan fingerprint density at radius 3 is 3.00 bits per heavy atom. The first-order chi connectivity index (χ1) is 8.15. The number of aromatic nitrogens is 3. The minimum atomic E-state index is -0.235. The third kappa shape index (κ3) is 3.10. The fourth-order valence-corrected chi connectivity index (χ4v) is 1.58. The van der Waals surface area contributed by atoms with Crippen LogP contribution in [0.4, 0.5) is 0 Å². The van der Waals surface area contributed by atoms with E-state index in [-0.39, 0.29) is 12.5 Å². The molecule has 0 aliphatic rings. The highest BCUT2D eigenvalue weighted by Crippen LogP contribution is 2.09. The van der Waals surface area contributed by atoms with Crippen LogP contribution in [-0.4, -0.2) is 21.0 Å². The van der Waals surface area contributed by atoms with Crippen LogP contribution in [0.25, 0.3) is 0 Å². The van der Waals surface area contributed by atoms with E-state index in [4.69, 9.17) is 4.52 Å². The van der Waals surface area contributed by atoms with E-state index in [0.717, 1.165) is 4.47 Å². The second-order valence-corrected chi connectivity index (χ2v) is 4.22. The van der Waals surface area contributed by atoms with Gasteiger partial charge in [0.25, 0.3) is 5.91 Å². The molecule has 2 rings (SSSR count). The summed E-state index contributed by atoms with van der Waals surface area (Å²) in [7, 11) is 0. The molecule has 2 aromatic heterocycles. The van der Waals surface area contributed by atoms with Gasteiger partial charge in [-0.25, -0.2) is 0 Å². The summed E-state index contributed by atoms with van der Waals surface area (Å²) in [5.74, 6) is 0.679. The SMILES string of the molecule is Cc1nc(CNC(=O)c2cncc(Br)c2)no1. The third-order valence-electron chi connectivity index (χ3n) is 1.94. The largest absolute Gasteiger partial charge is 0.345 e. The van der Waals surface area contributed by atoms with E-state index in [1.54, 1.807) is 19.2 Å². The number of carbonyl (C=O) groups excluding carboxylic acids is 1. The third-order valence-corrected chi connectivity index (χ3v) is 2.38. The maximum atomic E-state index is 11.7. The molecule has 7 heteroatoms. The predicted octanol–water partition coefficient (Wildman–Crippen LogP) is 1.47. The normalized spacial score (nSPS) is 10.2. The second kappa shape index (κ2) is 5.05. The number of hydrogen-bond acceptors (Lipinski definition) is 5. The number of amides is 1. The molecule has 2 heterocycles. The molecule has 0 atom stereocenters. The number of halogens is 1. The van der Waals surface area contributed by atoms with Crippen molar-refractivity contribution >= 4 is 21.8 Å². The number of hydrogen-bond donors (Lipinski definition) is 1. The number of nitrogens with one attached hydrogen (secondary N) is 1. The molecule has 0 unspecified atom stereocenters. The number of aryl methyl sites for hydroxylation is 1. The van der Waals surface area contributed by atoms with Crippen LogP contribution in [-0.2, 0) is 6.54 Å². The highest BCUT2D eigenvalue weighted by Gasteiger charge is 2.08. The van der Waals surface area contributed by atoms with Crippen LogP contribution in [0, 0.1) is 6.92 Å². The Hall–Kier alpha value is -1.76. The molecule has 6 nitrogen and oxygen atoms in total. The Morgan fingerprint density at radius 1 is 1.53 bits per heavy atom. The van der Waals surface area contributed by atoms with Gasteiger partial charge in [-0.3, -0.25) is 9.78 Å². The molecule has 17 heavy (non-hydrogen) atoms. The predicted molar refractivity (Wildman–Crippen MR) is 62.1 cm³/mol. The van der Waals surface area contributed by atoms with E-state index in [1.807, 2.05) is 0 Å². The van der Waals surface area contributed by atoms with Gasteiger partial charge in [-0.2, -0.15) is 4.98 Å². The van der Waals surface area contributed by atoms with Crippen LogP contribution >= 0.6 is 15.9 Å². The molecule has 0 saturated carbocycles. The molecule has 1 N–H and O–H groups in total. The fraction of sp³-hybridized carbons (Fsp3) is 0.200. The van der Waals surface area contributed by atoms with Gasteiger partial charge in [0.1, 0.15) is 0 Å². The Morgan fingerprint density at radius 2 is 2.35 bits per heavy atom. The topological polar surface area (TPSA) is 80.9 Å². The van der Waals surface area contributed by atoms with Crippen molar-refractivity contribution in [3.8, 4) is 0 Å². The van der Waals surface area contributed by atoms with Gasteiger partial charge in [0, 0.05) is 23.8 Å². The van der Waals surface area contributed by atoms with Gasteiger partial charge in [-0.15, -0.1) is 0 Å². The zero-order valence-electron chi connectivity index (χ0n) is 8.98. The van der Waals surface area contributed by atoms with E-state index >= 15 is 0 Å². The summed E-state index contributed by atoms with van der Waals surface area (Å²) in [5.41, 5.74) is 0.472. The fourth-order valence-electron chi connectivity index (χ4n) is 1.21. The van der Waals surface area contributed by atoms with Crippen LogP contribution in [0.3, 0.4) is 0 Å². The number of rotatable bonds is 3. The summed E-state index contributed by atoms with van der Waals surface area (Å²) in [5, 5.41) is 6.34. The van der Waals surface area contributed by atoms with Gasteiger partial charge in [-0.05, 0) is 22.0 Å².